The number of nitrogen functional groups attached to an aromatic ring is 1. The van der Waals surface area contributed by atoms with Gasteiger partial charge in [0.15, 0.2) is 0 Å². The second-order valence-corrected chi connectivity index (χ2v) is 4.99. The first-order valence-corrected chi connectivity index (χ1v) is 6.46. The smallest absolute Gasteiger partial charge is 0.273 e. The van der Waals surface area contributed by atoms with Gasteiger partial charge in [0, 0.05) is 19.1 Å². The number of nitrogens with zero attached hydrogens (tertiary/aromatic N) is 3. The zero-order chi connectivity index (χ0) is 13.4. The lowest BCUT2D eigenvalue weighted by molar-refractivity contribution is -0.135. The molecule has 0 atom stereocenters. The second kappa shape index (κ2) is 4.53. The Hall–Kier alpha value is -2.11. The number of carbonyl (C=O) groups excluding carboxylic acids is 2. The highest BCUT2D eigenvalue weighted by Crippen LogP contribution is 2.28. The van der Waals surface area contributed by atoms with Gasteiger partial charge in [-0.1, -0.05) is 6.07 Å². The molecule has 6 heteroatoms. The average molecular weight is 260 g/mol. The normalized spacial score (nSPS) is 19.7. The van der Waals surface area contributed by atoms with E-state index < -0.39 is 0 Å². The van der Waals surface area contributed by atoms with Crippen LogP contribution in [0.3, 0.4) is 0 Å². The molecule has 1 saturated heterocycles. The molecule has 2 heterocycles. The first-order valence-electron chi connectivity index (χ1n) is 6.46. The van der Waals surface area contributed by atoms with Gasteiger partial charge in [0.25, 0.3) is 5.91 Å². The molecule has 3 rings (SSSR count). The van der Waals surface area contributed by atoms with E-state index in [2.05, 4.69) is 4.98 Å². The Morgan fingerprint density at radius 3 is 2.74 bits per heavy atom. The molecule has 2 N–H and O–H groups in total. The Balaban J connectivity index is 1.70. The quantitative estimate of drug-likeness (QED) is 0.818. The van der Waals surface area contributed by atoms with Crippen molar-refractivity contribution in [3.05, 3.63) is 23.9 Å². The van der Waals surface area contributed by atoms with Gasteiger partial charge in [0.2, 0.25) is 5.91 Å². The Labute approximate surface area is 111 Å². The molecule has 0 unspecified atom stereocenters. The maximum atomic E-state index is 12.2. The van der Waals surface area contributed by atoms with Crippen molar-refractivity contribution in [2.75, 3.05) is 25.4 Å². The van der Waals surface area contributed by atoms with E-state index in [4.69, 9.17) is 5.73 Å². The van der Waals surface area contributed by atoms with Crippen LogP contribution in [0.15, 0.2) is 18.2 Å². The number of hydrogen-bond donors (Lipinski definition) is 1. The number of piperazine rings is 1. The van der Waals surface area contributed by atoms with Gasteiger partial charge in [0.05, 0.1) is 0 Å². The van der Waals surface area contributed by atoms with E-state index in [9.17, 15) is 9.59 Å². The summed E-state index contributed by atoms with van der Waals surface area (Å²) in [7, 11) is 0. The molecular formula is C13H16N4O2. The van der Waals surface area contributed by atoms with E-state index in [0.29, 0.717) is 30.6 Å². The number of aromatic nitrogens is 1. The molecule has 1 aromatic rings. The summed E-state index contributed by atoms with van der Waals surface area (Å²) in [6.07, 6.45) is 2.19. The largest absolute Gasteiger partial charge is 0.384 e. The maximum Gasteiger partial charge on any atom is 0.273 e. The molecule has 1 saturated carbocycles. The molecule has 6 nitrogen and oxygen atoms in total. The molecule has 2 fully saturated rings. The molecule has 2 amide bonds. The molecule has 100 valence electrons. The summed E-state index contributed by atoms with van der Waals surface area (Å²) in [4.78, 5) is 31.6. The van der Waals surface area contributed by atoms with E-state index >= 15 is 0 Å². The third kappa shape index (κ3) is 2.38. The summed E-state index contributed by atoms with van der Waals surface area (Å²) in [6, 6.07) is 5.36. The van der Waals surface area contributed by atoms with Crippen LogP contribution >= 0.6 is 0 Å². The number of rotatable bonds is 2. The number of anilines is 1. The zero-order valence-electron chi connectivity index (χ0n) is 10.6. The van der Waals surface area contributed by atoms with Crippen LogP contribution in [0.4, 0.5) is 5.82 Å². The molecule has 2 aliphatic rings. The third-order valence-electron chi connectivity index (χ3n) is 3.52. The van der Waals surface area contributed by atoms with Gasteiger partial charge in [-0.2, -0.15) is 0 Å². The van der Waals surface area contributed by atoms with Gasteiger partial charge in [-0.05, 0) is 25.0 Å². The van der Waals surface area contributed by atoms with Crippen LogP contribution < -0.4 is 5.73 Å². The summed E-state index contributed by atoms with van der Waals surface area (Å²) in [5.41, 5.74) is 5.87. The van der Waals surface area contributed by atoms with Gasteiger partial charge in [-0.3, -0.25) is 9.59 Å². The van der Waals surface area contributed by atoms with Crippen LogP contribution in [-0.2, 0) is 4.79 Å². The van der Waals surface area contributed by atoms with Crippen molar-refractivity contribution in [2.45, 2.75) is 18.9 Å². The number of pyridine rings is 1. The summed E-state index contributed by atoms with van der Waals surface area (Å²) in [5.74, 6) is 0.121. The van der Waals surface area contributed by atoms with Crippen molar-refractivity contribution in [3.8, 4) is 0 Å². The number of amides is 2. The van der Waals surface area contributed by atoms with Gasteiger partial charge in [0.1, 0.15) is 18.1 Å². The van der Waals surface area contributed by atoms with Gasteiger partial charge >= 0.3 is 0 Å². The summed E-state index contributed by atoms with van der Waals surface area (Å²) in [6.45, 7) is 1.33. The van der Waals surface area contributed by atoms with Crippen molar-refractivity contribution >= 4 is 17.6 Å². The summed E-state index contributed by atoms with van der Waals surface area (Å²) >= 11 is 0. The molecule has 0 bridgehead atoms. The maximum absolute atomic E-state index is 12.2. The Kier molecular flexibility index (Phi) is 2.85. The van der Waals surface area contributed by atoms with Gasteiger partial charge < -0.3 is 15.5 Å². The summed E-state index contributed by atoms with van der Waals surface area (Å²) in [5, 5.41) is 0. The molecule has 0 spiro atoms. The molecule has 1 aliphatic carbocycles. The predicted octanol–water partition coefficient (Wildman–Crippen LogP) is 0.111. The molecule has 0 radical (unpaired) electrons. The first kappa shape index (κ1) is 12.0. The number of nitrogens with two attached hydrogens (primary N) is 1. The number of hydrogen-bond acceptors (Lipinski definition) is 4. The molecule has 1 aliphatic heterocycles. The second-order valence-electron chi connectivity index (χ2n) is 4.99. The zero-order valence-corrected chi connectivity index (χ0v) is 10.6. The fraction of sp³-hybridized carbons (Fsp3) is 0.462. The minimum atomic E-state index is -0.226. The van der Waals surface area contributed by atoms with E-state index in [1.165, 1.54) is 0 Å². The van der Waals surface area contributed by atoms with Crippen molar-refractivity contribution in [1.29, 1.82) is 0 Å². The minimum absolute atomic E-state index is 0.0333. The van der Waals surface area contributed by atoms with E-state index in [-0.39, 0.29) is 18.4 Å². The fourth-order valence-corrected chi connectivity index (χ4v) is 2.36. The van der Waals surface area contributed by atoms with Crippen LogP contribution in [0.1, 0.15) is 23.3 Å². The van der Waals surface area contributed by atoms with Crippen molar-refractivity contribution in [2.24, 2.45) is 0 Å². The lowest BCUT2D eigenvalue weighted by Gasteiger charge is -2.34. The number of carbonyl (C=O) groups is 2. The standard InChI is InChI=1S/C13H16N4O2/c14-11-3-1-2-10(15-11)13(19)16-6-7-17(9-4-5-9)12(18)8-16/h1-3,9H,4-8H2,(H2,14,15). The Morgan fingerprint density at radius 2 is 2.11 bits per heavy atom. The first-order chi connectivity index (χ1) is 9.15. The van der Waals surface area contributed by atoms with Crippen LogP contribution in [0.2, 0.25) is 0 Å². The summed E-state index contributed by atoms with van der Waals surface area (Å²) < 4.78 is 0. The van der Waals surface area contributed by atoms with Crippen LogP contribution in [0, 0.1) is 0 Å². The fourth-order valence-electron chi connectivity index (χ4n) is 2.36. The monoisotopic (exact) mass is 260 g/mol. The predicted molar refractivity (Wildman–Crippen MR) is 69.3 cm³/mol. The van der Waals surface area contributed by atoms with E-state index in [1.54, 1.807) is 23.1 Å². The topological polar surface area (TPSA) is 79.5 Å². The van der Waals surface area contributed by atoms with Crippen LogP contribution in [-0.4, -0.2) is 52.3 Å². The lowest BCUT2D eigenvalue weighted by atomic mass is 10.2. The van der Waals surface area contributed by atoms with Crippen molar-refractivity contribution in [3.63, 3.8) is 0 Å². The lowest BCUT2D eigenvalue weighted by Crippen LogP contribution is -2.53. The average Bonchev–Trinajstić information content (AvgIpc) is 3.22. The van der Waals surface area contributed by atoms with Crippen molar-refractivity contribution in [1.82, 2.24) is 14.8 Å². The molecule has 0 aromatic carbocycles. The highest BCUT2D eigenvalue weighted by Gasteiger charge is 2.37. The highest BCUT2D eigenvalue weighted by molar-refractivity contribution is 5.95. The molecule has 19 heavy (non-hydrogen) atoms. The molecule has 1 aromatic heterocycles. The van der Waals surface area contributed by atoms with Gasteiger partial charge in [-0.25, -0.2) is 4.98 Å². The third-order valence-corrected chi connectivity index (χ3v) is 3.52. The van der Waals surface area contributed by atoms with Crippen LogP contribution in [0.5, 0.6) is 0 Å². The van der Waals surface area contributed by atoms with E-state index in [1.807, 2.05) is 4.90 Å². The SMILES string of the molecule is Nc1cccc(C(=O)N2CCN(C3CC3)C(=O)C2)n1. The highest BCUT2D eigenvalue weighted by atomic mass is 16.2. The van der Waals surface area contributed by atoms with Crippen LogP contribution in [0.25, 0.3) is 0 Å². The molecular weight excluding hydrogens is 244 g/mol. The van der Waals surface area contributed by atoms with Crippen molar-refractivity contribution < 1.29 is 9.59 Å². The van der Waals surface area contributed by atoms with Gasteiger partial charge in [-0.15, -0.1) is 0 Å². The Bertz CT molecular complexity index is 527. The minimum Gasteiger partial charge on any atom is -0.384 e. The Morgan fingerprint density at radius 1 is 1.32 bits per heavy atom. The van der Waals surface area contributed by atoms with E-state index in [0.717, 1.165) is 12.8 Å².